The van der Waals surface area contributed by atoms with Gasteiger partial charge in [0.2, 0.25) is 0 Å². The smallest absolute Gasteiger partial charge is 0.0534 e. The third-order valence-electron chi connectivity index (χ3n) is 4.60. The highest BCUT2D eigenvalue weighted by molar-refractivity contribution is 5.09. The Kier molecular flexibility index (Phi) is 2.92. The van der Waals surface area contributed by atoms with Gasteiger partial charge in [-0.15, -0.1) is 0 Å². The molecule has 0 aromatic carbocycles. The lowest BCUT2D eigenvalue weighted by molar-refractivity contribution is 0.144. The van der Waals surface area contributed by atoms with Crippen LogP contribution in [0.1, 0.15) is 44.2 Å². The van der Waals surface area contributed by atoms with Gasteiger partial charge in [0, 0.05) is 35.9 Å². The van der Waals surface area contributed by atoms with Crippen LogP contribution in [0.2, 0.25) is 0 Å². The number of piperidine rings is 1. The second kappa shape index (κ2) is 4.42. The first-order valence-corrected chi connectivity index (χ1v) is 6.70. The van der Waals surface area contributed by atoms with Crippen LogP contribution < -0.4 is 5.32 Å². The van der Waals surface area contributed by atoms with E-state index in [1.165, 1.54) is 31.2 Å². The summed E-state index contributed by atoms with van der Waals surface area (Å²) in [7, 11) is 2.29. The third-order valence-corrected chi connectivity index (χ3v) is 4.60. The van der Waals surface area contributed by atoms with Crippen molar-refractivity contribution in [3.05, 3.63) is 18.0 Å². The fraction of sp³-hybridized carbons (Fsp3) is 0.769. The summed E-state index contributed by atoms with van der Waals surface area (Å²) in [4.78, 5) is 2.58. The number of hydrogen-bond acceptors (Lipinski definition) is 3. The van der Waals surface area contributed by atoms with E-state index in [0.717, 1.165) is 12.1 Å². The van der Waals surface area contributed by atoms with E-state index in [0.29, 0.717) is 12.1 Å². The van der Waals surface area contributed by atoms with E-state index < -0.39 is 0 Å². The van der Waals surface area contributed by atoms with Crippen molar-refractivity contribution in [1.82, 2.24) is 20.4 Å². The first-order valence-electron chi connectivity index (χ1n) is 6.70. The van der Waals surface area contributed by atoms with Gasteiger partial charge in [0.25, 0.3) is 0 Å². The Bertz CT molecular complexity index is 348. The molecule has 2 aliphatic rings. The van der Waals surface area contributed by atoms with Crippen LogP contribution in [-0.4, -0.2) is 40.3 Å². The van der Waals surface area contributed by atoms with E-state index in [-0.39, 0.29) is 0 Å². The fourth-order valence-corrected chi connectivity index (χ4v) is 3.50. The molecular weight excluding hydrogens is 212 g/mol. The largest absolute Gasteiger partial charge is 0.307 e. The molecule has 3 rings (SSSR count). The van der Waals surface area contributed by atoms with Crippen molar-refractivity contribution in [2.75, 3.05) is 7.05 Å². The van der Waals surface area contributed by atoms with Gasteiger partial charge in [-0.2, -0.15) is 5.10 Å². The van der Waals surface area contributed by atoms with Crippen LogP contribution in [0.4, 0.5) is 0 Å². The van der Waals surface area contributed by atoms with E-state index in [2.05, 4.69) is 34.4 Å². The molecule has 1 aromatic rings. The number of nitrogens with one attached hydrogen (secondary N) is 2. The molecule has 0 radical (unpaired) electrons. The minimum atomic E-state index is 0.404. The Hall–Kier alpha value is -0.870. The van der Waals surface area contributed by atoms with Gasteiger partial charge >= 0.3 is 0 Å². The standard InChI is InChI=1S/C13H22N4/c1-9(10-7-14-15-8-10)16-11-5-12-3-4-13(6-11)17(12)2/h7-9,11-13,16H,3-6H2,1-2H3,(H,14,15). The molecule has 2 N–H and O–H groups in total. The number of fused-ring (bicyclic) bond motifs is 2. The van der Waals surface area contributed by atoms with Crippen LogP contribution in [0, 0.1) is 0 Å². The molecule has 3 atom stereocenters. The van der Waals surface area contributed by atoms with E-state index in [1.54, 1.807) is 0 Å². The van der Waals surface area contributed by atoms with E-state index in [9.17, 15) is 0 Å². The molecule has 0 spiro atoms. The van der Waals surface area contributed by atoms with Crippen LogP contribution in [0.15, 0.2) is 12.4 Å². The summed E-state index contributed by atoms with van der Waals surface area (Å²) in [5, 5.41) is 10.7. The molecule has 1 aromatic heterocycles. The summed E-state index contributed by atoms with van der Waals surface area (Å²) in [6.45, 7) is 2.23. The van der Waals surface area contributed by atoms with Crippen LogP contribution in [0.25, 0.3) is 0 Å². The molecule has 2 fully saturated rings. The van der Waals surface area contributed by atoms with Crippen molar-refractivity contribution < 1.29 is 0 Å². The van der Waals surface area contributed by atoms with Crippen molar-refractivity contribution in [3.8, 4) is 0 Å². The minimum Gasteiger partial charge on any atom is -0.307 e. The molecule has 2 aliphatic heterocycles. The Morgan fingerprint density at radius 1 is 1.41 bits per heavy atom. The summed E-state index contributed by atoms with van der Waals surface area (Å²) >= 11 is 0. The van der Waals surface area contributed by atoms with E-state index in [4.69, 9.17) is 0 Å². The molecular formula is C13H22N4. The van der Waals surface area contributed by atoms with Crippen molar-refractivity contribution in [2.24, 2.45) is 0 Å². The average Bonchev–Trinajstić information content (AvgIpc) is 2.88. The fourth-order valence-electron chi connectivity index (χ4n) is 3.50. The van der Waals surface area contributed by atoms with Crippen molar-refractivity contribution in [2.45, 2.75) is 56.8 Å². The van der Waals surface area contributed by atoms with Crippen molar-refractivity contribution >= 4 is 0 Å². The quantitative estimate of drug-likeness (QED) is 0.836. The molecule has 3 heterocycles. The van der Waals surface area contributed by atoms with Crippen LogP contribution in [0.5, 0.6) is 0 Å². The zero-order chi connectivity index (χ0) is 11.8. The molecule has 3 unspecified atom stereocenters. The maximum absolute atomic E-state index is 4.02. The van der Waals surface area contributed by atoms with Gasteiger partial charge in [-0.3, -0.25) is 5.10 Å². The summed E-state index contributed by atoms with van der Waals surface area (Å²) in [6, 6.07) is 2.70. The highest BCUT2D eigenvalue weighted by Gasteiger charge is 2.38. The summed E-state index contributed by atoms with van der Waals surface area (Å²) in [5.74, 6) is 0. The second-order valence-electron chi connectivity index (χ2n) is 5.64. The minimum absolute atomic E-state index is 0.404. The van der Waals surface area contributed by atoms with Gasteiger partial charge in [-0.05, 0) is 39.7 Å². The molecule has 17 heavy (non-hydrogen) atoms. The number of aromatic nitrogens is 2. The van der Waals surface area contributed by atoms with Gasteiger partial charge in [-0.25, -0.2) is 0 Å². The van der Waals surface area contributed by atoms with Gasteiger partial charge in [-0.1, -0.05) is 0 Å². The van der Waals surface area contributed by atoms with Gasteiger partial charge < -0.3 is 10.2 Å². The Labute approximate surface area is 103 Å². The molecule has 2 saturated heterocycles. The summed E-state index contributed by atoms with van der Waals surface area (Å²) < 4.78 is 0. The molecule has 94 valence electrons. The van der Waals surface area contributed by atoms with E-state index in [1.807, 2.05) is 12.4 Å². The van der Waals surface area contributed by atoms with Crippen LogP contribution in [0.3, 0.4) is 0 Å². The number of hydrogen-bond donors (Lipinski definition) is 2. The number of H-pyrrole nitrogens is 1. The Morgan fingerprint density at radius 2 is 2.12 bits per heavy atom. The van der Waals surface area contributed by atoms with E-state index >= 15 is 0 Å². The first kappa shape index (κ1) is 11.2. The molecule has 0 aliphatic carbocycles. The molecule has 0 saturated carbocycles. The number of aromatic amines is 1. The average molecular weight is 234 g/mol. The lowest BCUT2D eigenvalue weighted by atomic mass is 9.97. The number of nitrogens with zero attached hydrogens (tertiary/aromatic N) is 2. The lowest BCUT2D eigenvalue weighted by Gasteiger charge is -2.37. The normalized spacial score (nSPS) is 35.1. The summed E-state index contributed by atoms with van der Waals surface area (Å²) in [6.07, 6.45) is 9.28. The SMILES string of the molecule is CC(NC1CC2CCC(C1)N2C)c1cn[nH]c1. The maximum atomic E-state index is 4.02. The zero-order valence-electron chi connectivity index (χ0n) is 10.7. The van der Waals surface area contributed by atoms with Gasteiger partial charge in [0.05, 0.1) is 6.20 Å². The predicted octanol–water partition coefficient (Wildman–Crippen LogP) is 1.69. The summed E-state index contributed by atoms with van der Waals surface area (Å²) in [5.41, 5.74) is 1.26. The monoisotopic (exact) mass is 234 g/mol. The molecule has 0 amide bonds. The highest BCUT2D eigenvalue weighted by atomic mass is 15.2. The Balaban J connectivity index is 1.60. The molecule has 4 nitrogen and oxygen atoms in total. The first-order chi connectivity index (χ1) is 8.24. The zero-order valence-corrected chi connectivity index (χ0v) is 10.7. The van der Waals surface area contributed by atoms with Crippen molar-refractivity contribution in [1.29, 1.82) is 0 Å². The molecule has 4 heteroatoms. The van der Waals surface area contributed by atoms with Crippen LogP contribution in [-0.2, 0) is 0 Å². The van der Waals surface area contributed by atoms with Gasteiger partial charge in [0.15, 0.2) is 0 Å². The topological polar surface area (TPSA) is 44.0 Å². The second-order valence-corrected chi connectivity index (χ2v) is 5.64. The molecule has 2 bridgehead atoms. The van der Waals surface area contributed by atoms with Crippen molar-refractivity contribution in [3.63, 3.8) is 0 Å². The highest BCUT2D eigenvalue weighted by Crippen LogP contribution is 2.34. The predicted molar refractivity (Wildman–Crippen MR) is 67.7 cm³/mol. The maximum Gasteiger partial charge on any atom is 0.0534 e. The number of rotatable bonds is 3. The van der Waals surface area contributed by atoms with Crippen LogP contribution >= 0.6 is 0 Å². The van der Waals surface area contributed by atoms with Gasteiger partial charge in [0.1, 0.15) is 0 Å². The Morgan fingerprint density at radius 3 is 2.71 bits per heavy atom. The lowest BCUT2D eigenvalue weighted by Crippen LogP contribution is -2.47. The third kappa shape index (κ3) is 2.11.